The fourth-order valence-corrected chi connectivity index (χ4v) is 7.10. The van der Waals surface area contributed by atoms with Gasteiger partial charge in [-0.05, 0) is 80.2 Å². The van der Waals surface area contributed by atoms with Gasteiger partial charge in [0.1, 0.15) is 0 Å². The molecule has 3 N–H and O–H groups in total. The van der Waals surface area contributed by atoms with E-state index in [9.17, 15) is 14.7 Å². The zero-order valence-electron chi connectivity index (χ0n) is 19.0. The Bertz CT molecular complexity index is 794. The van der Waals surface area contributed by atoms with E-state index >= 15 is 0 Å². The minimum atomic E-state index is -0.197. The summed E-state index contributed by atoms with van der Waals surface area (Å²) in [5.74, 6) is 2.17. The van der Waals surface area contributed by atoms with Crippen LogP contribution in [0.25, 0.3) is 0 Å². The summed E-state index contributed by atoms with van der Waals surface area (Å²) in [6.07, 6.45) is 8.57. The number of hydrogen-bond donors (Lipinski definition) is 3. The molecule has 1 aromatic carbocycles. The number of amides is 2. The Morgan fingerprint density at radius 3 is 2.06 bits per heavy atom. The van der Waals surface area contributed by atoms with Gasteiger partial charge >= 0.3 is 0 Å². The molecule has 1 saturated heterocycles. The molecule has 5 fully saturated rings. The predicted molar refractivity (Wildman–Crippen MR) is 122 cm³/mol. The van der Waals surface area contributed by atoms with Crippen LogP contribution in [0.3, 0.4) is 0 Å². The van der Waals surface area contributed by atoms with Crippen molar-refractivity contribution in [2.45, 2.75) is 70.6 Å². The summed E-state index contributed by atoms with van der Waals surface area (Å²) in [4.78, 5) is 27.7. The number of rotatable bonds is 7. The van der Waals surface area contributed by atoms with E-state index in [1.54, 1.807) is 0 Å². The largest absolute Gasteiger partial charge is 0.393 e. The van der Waals surface area contributed by atoms with Crippen molar-refractivity contribution in [1.29, 1.82) is 0 Å². The highest BCUT2D eigenvalue weighted by Gasteiger charge is 2.54. The second-order valence-electron chi connectivity index (χ2n) is 11.0. The Kier molecular flexibility index (Phi) is 6.26. The molecule has 4 saturated carbocycles. The minimum absolute atomic E-state index is 0.0689. The number of nitrogens with zero attached hydrogens (tertiary/aromatic N) is 1. The molecule has 4 aliphatic carbocycles. The molecule has 1 aromatic rings. The monoisotopic (exact) mass is 439 g/mol. The molecule has 0 unspecified atom stereocenters. The van der Waals surface area contributed by atoms with Gasteiger partial charge < -0.3 is 15.7 Å². The molecular formula is C26H37N3O3. The second kappa shape index (κ2) is 9.14. The molecular weight excluding hydrogens is 402 g/mol. The number of hydrogen-bond acceptors (Lipinski definition) is 4. The fraction of sp³-hybridized carbons (Fsp3) is 0.692. The van der Waals surface area contributed by atoms with Gasteiger partial charge in [-0.15, -0.1) is 0 Å². The first-order valence-corrected chi connectivity index (χ1v) is 12.5. The van der Waals surface area contributed by atoms with Crippen molar-refractivity contribution >= 4 is 11.8 Å². The molecule has 2 amide bonds. The fourth-order valence-electron chi connectivity index (χ4n) is 7.10. The minimum Gasteiger partial charge on any atom is -0.393 e. The number of carbonyl (C=O) groups excluding carboxylic acids is 2. The van der Waals surface area contributed by atoms with E-state index in [0.29, 0.717) is 6.54 Å². The lowest BCUT2D eigenvalue weighted by atomic mass is 9.49. The Morgan fingerprint density at radius 2 is 1.47 bits per heavy atom. The van der Waals surface area contributed by atoms with E-state index in [-0.39, 0.29) is 29.9 Å². The van der Waals surface area contributed by atoms with Gasteiger partial charge in [0, 0.05) is 31.6 Å². The summed E-state index contributed by atoms with van der Waals surface area (Å²) < 4.78 is 0. The van der Waals surface area contributed by atoms with Crippen LogP contribution in [-0.2, 0) is 22.7 Å². The number of nitrogens with one attached hydrogen (secondary N) is 2. The van der Waals surface area contributed by atoms with Gasteiger partial charge in [0.25, 0.3) is 0 Å². The summed E-state index contributed by atoms with van der Waals surface area (Å²) >= 11 is 0. The summed E-state index contributed by atoms with van der Waals surface area (Å²) in [5.41, 5.74) is 2.11. The number of carbonyl (C=O) groups is 2. The van der Waals surface area contributed by atoms with Crippen LogP contribution in [0.2, 0.25) is 0 Å². The zero-order chi connectivity index (χ0) is 22.1. The highest BCUT2D eigenvalue weighted by atomic mass is 16.3. The van der Waals surface area contributed by atoms with Gasteiger partial charge in [-0.2, -0.15) is 0 Å². The maximum absolute atomic E-state index is 13.0. The van der Waals surface area contributed by atoms with Crippen LogP contribution in [0.4, 0.5) is 0 Å². The van der Waals surface area contributed by atoms with Crippen molar-refractivity contribution in [2.24, 2.45) is 23.2 Å². The zero-order valence-corrected chi connectivity index (χ0v) is 19.0. The van der Waals surface area contributed by atoms with Crippen LogP contribution in [0.5, 0.6) is 0 Å². The number of likely N-dealkylation sites (tertiary alicyclic amines) is 1. The van der Waals surface area contributed by atoms with Crippen molar-refractivity contribution in [3.8, 4) is 0 Å². The van der Waals surface area contributed by atoms with Gasteiger partial charge in [0.15, 0.2) is 0 Å². The molecule has 1 heterocycles. The molecule has 0 atom stereocenters. The topological polar surface area (TPSA) is 81.7 Å². The first-order valence-electron chi connectivity index (χ1n) is 12.5. The Balaban J connectivity index is 1.05. The summed E-state index contributed by atoms with van der Waals surface area (Å²) in [6.45, 7) is 3.32. The van der Waals surface area contributed by atoms with Gasteiger partial charge in [0.2, 0.25) is 11.8 Å². The number of aliphatic hydroxyl groups is 1. The van der Waals surface area contributed by atoms with Crippen LogP contribution in [0.15, 0.2) is 24.3 Å². The number of aliphatic hydroxyl groups excluding tert-OH is 1. The van der Waals surface area contributed by atoms with E-state index in [1.807, 2.05) is 0 Å². The van der Waals surface area contributed by atoms with Crippen LogP contribution in [0, 0.1) is 23.2 Å². The van der Waals surface area contributed by atoms with Crippen molar-refractivity contribution in [3.63, 3.8) is 0 Å². The Morgan fingerprint density at radius 1 is 0.906 bits per heavy atom. The van der Waals surface area contributed by atoms with Crippen molar-refractivity contribution < 1.29 is 14.7 Å². The molecule has 6 rings (SSSR count). The highest BCUT2D eigenvalue weighted by molar-refractivity contribution is 5.88. The third-order valence-corrected chi connectivity index (χ3v) is 8.41. The average molecular weight is 440 g/mol. The molecule has 6 nitrogen and oxygen atoms in total. The third kappa shape index (κ3) is 4.86. The smallest absolute Gasteiger partial charge is 0.239 e. The van der Waals surface area contributed by atoms with Crippen LogP contribution < -0.4 is 10.6 Å². The first kappa shape index (κ1) is 21.9. The van der Waals surface area contributed by atoms with Crippen molar-refractivity contribution in [1.82, 2.24) is 15.5 Å². The van der Waals surface area contributed by atoms with Crippen molar-refractivity contribution in [3.05, 3.63) is 35.4 Å². The highest BCUT2D eigenvalue weighted by Crippen LogP contribution is 2.60. The van der Waals surface area contributed by atoms with Crippen LogP contribution in [-0.4, -0.2) is 47.6 Å². The maximum atomic E-state index is 13.0. The van der Waals surface area contributed by atoms with Gasteiger partial charge in [-0.3, -0.25) is 14.5 Å². The lowest BCUT2D eigenvalue weighted by Gasteiger charge is -2.55. The Labute approximate surface area is 191 Å². The lowest BCUT2D eigenvalue weighted by Crippen LogP contribution is -2.54. The molecule has 4 bridgehead atoms. The number of piperidine rings is 1. The number of benzene rings is 1. The molecule has 6 heteroatoms. The SMILES string of the molecule is O=C(CNC(=O)C12CC3CC(CC(C3)C1)C2)NCc1ccc(CN2CCC(O)CC2)cc1. The molecule has 5 aliphatic rings. The van der Waals surface area contributed by atoms with E-state index in [4.69, 9.17) is 0 Å². The molecule has 32 heavy (non-hydrogen) atoms. The summed E-state index contributed by atoms with van der Waals surface area (Å²) in [5, 5.41) is 15.5. The summed E-state index contributed by atoms with van der Waals surface area (Å²) in [7, 11) is 0. The molecule has 1 aliphatic heterocycles. The van der Waals surface area contributed by atoms with Crippen LogP contribution in [0.1, 0.15) is 62.5 Å². The maximum Gasteiger partial charge on any atom is 0.239 e. The quantitative estimate of drug-likeness (QED) is 0.610. The van der Waals surface area contributed by atoms with E-state index in [0.717, 1.165) is 75.1 Å². The third-order valence-electron chi connectivity index (χ3n) is 8.41. The first-order chi connectivity index (χ1) is 15.5. The van der Waals surface area contributed by atoms with E-state index < -0.39 is 0 Å². The molecule has 0 spiro atoms. The Hall–Kier alpha value is -1.92. The summed E-state index contributed by atoms with van der Waals surface area (Å²) in [6, 6.07) is 8.34. The van der Waals surface area contributed by atoms with Gasteiger partial charge in [0.05, 0.1) is 12.6 Å². The standard InChI is InChI=1S/C26H37N3O3/c30-23-5-7-29(8-6-23)17-19-3-1-18(2-4-19)15-27-24(31)16-28-25(32)26-12-20-9-21(13-26)11-22(10-20)14-26/h1-4,20-23,30H,5-17H2,(H,27,31)(H,28,32). The van der Waals surface area contributed by atoms with Gasteiger partial charge in [-0.25, -0.2) is 0 Å². The molecule has 174 valence electrons. The van der Waals surface area contributed by atoms with Gasteiger partial charge in [-0.1, -0.05) is 24.3 Å². The van der Waals surface area contributed by atoms with E-state index in [1.165, 1.54) is 24.8 Å². The molecule has 0 aromatic heterocycles. The normalized spacial score (nSPS) is 32.1. The van der Waals surface area contributed by atoms with Crippen LogP contribution >= 0.6 is 0 Å². The lowest BCUT2D eigenvalue weighted by molar-refractivity contribution is -0.147. The molecule has 0 radical (unpaired) electrons. The van der Waals surface area contributed by atoms with E-state index in [2.05, 4.69) is 39.8 Å². The second-order valence-corrected chi connectivity index (χ2v) is 11.0. The average Bonchev–Trinajstić information content (AvgIpc) is 2.77. The van der Waals surface area contributed by atoms with Crippen molar-refractivity contribution in [2.75, 3.05) is 19.6 Å². The predicted octanol–water partition coefficient (Wildman–Crippen LogP) is 2.59.